The molecule has 0 aromatic heterocycles. The first-order valence-corrected chi connectivity index (χ1v) is 20.9. The summed E-state index contributed by atoms with van der Waals surface area (Å²) in [6, 6.07) is 18.3. The highest BCUT2D eigenvalue weighted by atomic mass is 16.3. The van der Waals surface area contributed by atoms with Crippen LogP contribution in [-0.4, -0.2) is 17.2 Å². The van der Waals surface area contributed by atoms with Crippen molar-refractivity contribution in [2.45, 2.75) is 147 Å². The molecule has 0 unspecified atom stereocenters. The third-order valence-electron chi connectivity index (χ3n) is 9.62. The molecule has 0 saturated heterocycles. The molecule has 0 radical (unpaired) electrons. The van der Waals surface area contributed by atoms with Crippen molar-refractivity contribution >= 4 is 11.4 Å². The Kier molecular flexibility index (Phi) is 25.8. The van der Waals surface area contributed by atoms with E-state index in [1.165, 1.54) is 58.7 Å². The molecule has 0 bridgehead atoms. The average Bonchev–Trinajstić information content (AvgIpc) is 3.21. The predicted molar refractivity (Wildman–Crippen MR) is 249 cm³/mol. The SMILES string of the molecule is C#C.CC.CC.C\C=C/C=C\C=C(/C)N(/C(C)=C/C=C(\CC)C1(N(C/C=C\C(O)=C/C)c2ccc(CC(C)(C)C)cc2)CCCCC1)c1ccc(CC)cc1. The van der Waals surface area contributed by atoms with Crippen LogP contribution in [0.5, 0.6) is 0 Å². The predicted octanol–water partition coefficient (Wildman–Crippen LogP) is 15.4. The number of hydrogen-bond acceptors (Lipinski definition) is 3. The Morgan fingerprint density at radius 2 is 1.29 bits per heavy atom. The van der Waals surface area contributed by atoms with Gasteiger partial charge < -0.3 is 14.9 Å². The van der Waals surface area contributed by atoms with Crippen molar-refractivity contribution in [3.05, 3.63) is 143 Å². The zero-order valence-electron chi connectivity index (χ0n) is 37.3. The van der Waals surface area contributed by atoms with Gasteiger partial charge in [0, 0.05) is 29.3 Å². The average molecular weight is 747 g/mol. The van der Waals surface area contributed by atoms with Crippen molar-refractivity contribution in [1.82, 2.24) is 0 Å². The zero-order valence-corrected chi connectivity index (χ0v) is 37.3. The van der Waals surface area contributed by atoms with E-state index < -0.39 is 0 Å². The van der Waals surface area contributed by atoms with Crippen LogP contribution in [0.1, 0.15) is 140 Å². The summed E-state index contributed by atoms with van der Waals surface area (Å²) < 4.78 is 0. The smallest absolute Gasteiger partial charge is 0.111 e. The molecule has 3 rings (SSSR count). The molecule has 302 valence electrons. The van der Waals surface area contributed by atoms with Crippen molar-refractivity contribution in [3.8, 4) is 12.8 Å². The summed E-state index contributed by atoms with van der Waals surface area (Å²) in [5.74, 6) is 0.305. The number of aliphatic hydroxyl groups is 1. The van der Waals surface area contributed by atoms with Gasteiger partial charge in [0.05, 0.1) is 5.54 Å². The molecule has 2 aromatic rings. The lowest BCUT2D eigenvalue weighted by Gasteiger charge is -2.49. The van der Waals surface area contributed by atoms with Gasteiger partial charge >= 0.3 is 0 Å². The van der Waals surface area contributed by atoms with Gasteiger partial charge in [0.15, 0.2) is 0 Å². The quantitative estimate of drug-likeness (QED) is 0.112. The van der Waals surface area contributed by atoms with E-state index in [4.69, 9.17) is 0 Å². The molecular formula is C52H78N2O. The highest BCUT2D eigenvalue weighted by molar-refractivity contribution is 5.60. The van der Waals surface area contributed by atoms with Gasteiger partial charge in [-0.25, -0.2) is 0 Å². The van der Waals surface area contributed by atoms with Crippen molar-refractivity contribution in [2.24, 2.45) is 5.41 Å². The Morgan fingerprint density at radius 3 is 1.80 bits per heavy atom. The number of aryl methyl sites for hydroxylation is 1. The maximum atomic E-state index is 10.3. The molecule has 0 heterocycles. The number of nitrogens with zero attached hydrogens (tertiary/aromatic N) is 2. The standard InChI is InChI=1S/C46H64N2O.2C2H6.C2H2/c1-10-14-15-17-21-37(5)48(43-31-24-39(11-2)25-32-43)38(6)23-28-41(12-3)46(33-18-16-19-34-46)47(35-20-22-44(49)13-4)42-29-26-40(27-30-42)36-45(7,8)9;3*1-2/h10,13-15,17,20-32,49H,11-12,16,18-19,33-36H2,1-9H3;2*1-2H3;1-2H/b14-10-,17-15-,22-20-,37-21+,38-23+,41-28+,44-13+;;;. The fourth-order valence-electron chi connectivity index (χ4n) is 7.12. The van der Waals surface area contributed by atoms with Gasteiger partial charge in [-0.3, -0.25) is 0 Å². The van der Waals surface area contributed by atoms with Gasteiger partial charge in [0.1, 0.15) is 5.76 Å². The zero-order chi connectivity index (χ0) is 41.9. The molecular weight excluding hydrogens is 669 g/mol. The molecule has 0 spiro atoms. The van der Waals surface area contributed by atoms with E-state index in [-0.39, 0.29) is 11.0 Å². The summed E-state index contributed by atoms with van der Waals surface area (Å²) in [7, 11) is 0. The second kappa shape index (κ2) is 28.1. The van der Waals surface area contributed by atoms with Crippen LogP contribution < -0.4 is 9.80 Å². The van der Waals surface area contributed by atoms with Crippen molar-refractivity contribution < 1.29 is 5.11 Å². The number of benzene rings is 2. The van der Waals surface area contributed by atoms with Crippen LogP contribution in [0.4, 0.5) is 11.4 Å². The van der Waals surface area contributed by atoms with Crippen LogP contribution in [0.25, 0.3) is 0 Å². The highest BCUT2D eigenvalue weighted by Gasteiger charge is 2.40. The topological polar surface area (TPSA) is 26.7 Å². The number of aliphatic hydroxyl groups excluding tert-OH is 1. The van der Waals surface area contributed by atoms with Gasteiger partial charge in [-0.15, -0.1) is 12.8 Å². The first kappa shape index (κ1) is 50.6. The van der Waals surface area contributed by atoms with E-state index in [0.717, 1.165) is 38.6 Å². The number of allylic oxidation sites excluding steroid dienone is 11. The maximum Gasteiger partial charge on any atom is 0.111 e. The maximum absolute atomic E-state index is 10.3. The highest BCUT2D eigenvalue weighted by Crippen LogP contribution is 2.43. The lowest BCUT2D eigenvalue weighted by atomic mass is 9.73. The van der Waals surface area contributed by atoms with E-state index >= 15 is 0 Å². The Bertz CT molecular complexity index is 1560. The summed E-state index contributed by atoms with van der Waals surface area (Å²) in [4.78, 5) is 4.99. The molecule has 1 fully saturated rings. The fourth-order valence-corrected chi connectivity index (χ4v) is 7.12. The second-order valence-electron chi connectivity index (χ2n) is 14.7. The van der Waals surface area contributed by atoms with Crippen molar-refractivity contribution in [3.63, 3.8) is 0 Å². The number of terminal acetylenes is 1. The van der Waals surface area contributed by atoms with Crippen LogP contribution in [0, 0.1) is 18.3 Å². The summed E-state index contributed by atoms with van der Waals surface area (Å²) in [5, 5.41) is 10.3. The van der Waals surface area contributed by atoms with Crippen LogP contribution in [0.15, 0.2) is 132 Å². The van der Waals surface area contributed by atoms with E-state index in [1.54, 1.807) is 6.08 Å². The van der Waals surface area contributed by atoms with Crippen LogP contribution in [0.3, 0.4) is 0 Å². The molecule has 1 aliphatic rings. The normalized spacial score (nSPS) is 15.1. The molecule has 3 nitrogen and oxygen atoms in total. The minimum atomic E-state index is -0.112. The first-order chi connectivity index (χ1) is 26.5. The Balaban J connectivity index is 0.00000462. The van der Waals surface area contributed by atoms with Gasteiger partial charge in [-0.05, 0) is 130 Å². The summed E-state index contributed by atoms with van der Waals surface area (Å²) >= 11 is 0. The summed E-state index contributed by atoms with van der Waals surface area (Å²) in [6.07, 6.45) is 37.9. The van der Waals surface area contributed by atoms with Crippen molar-refractivity contribution in [1.29, 1.82) is 0 Å². The molecule has 0 amide bonds. The Labute approximate surface area is 340 Å². The van der Waals surface area contributed by atoms with Gasteiger partial charge in [0.2, 0.25) is 0 Å². The lowest BCUT2D eigenvalue weighted by molar-refractivity contribution is 0.317. The molecule has 3 heteroatoms. The Hall–Kier alpha value is -4.42. The minimum absolute atomic E-state index is 0.112. The second-order valence-corrected chi connectivity index (χ2v) is 14.7. The van der Waals surface area contributed by atoms with E-state index in [2.05, 4.69) is 162 Å². The number of rotatable bonds is 15. The molecule has 0 aliphatic heterocycles. The molecule has 55 heavy (non-hydrogen) atoms. The van der Waals surface area contributed by atoms with Crippen LogP contribution in [-0.2, 0) is 12.8 Å². The minimum Gasteiger partial charge on any atom is -0.508 e. The van der Waals surface area contributed by atoms with E-state index in [0.29, 0.717) is 5.76 Å². The largest absolute Gasteiger partial charge is 0.508 e. The van der Waals surface area contributed by atoms with E-state index in [1.807, 2.05) is 53.7 Å². The van der Waals surface area contributed by atoms with Crippen LogP contribution in [0.2, 0.25) is 0 Å². The summed E-state index contributed by atoms with van der Waals surface area (Å²) in [6.45, 7) is 28.5. The number of hydrogen-bond donors (Lipinski definition) is 1. The monoisotopic (exact) mass is 747 g/mol. The molecule has 2 aromatic carbocycles. The molecule has 1 aliphatic carbocycles. The van der Waals surface area contributed by atoms with Gasteiger partial charge in [-0.2, -0.15) is 0 Å². The Morgan fingerprint density at radius 1 is 0.745 bits per heavy atom. The van der Waals surface area contributed by atoms with Gasteiger partial charge in [0.25, 0.3) is 0 Å². The number of anilines is 2. The van der Waals surface area contributed by atoms with Crippen LogP contribution >= 0.6 is 0 Å². The summed E-state index contributed by atoms with van der Waals surface area (Å²) in [5.41, 5.74) is 9.07. The van der Waals surface area contributed by atoms with E-state index in [9.17, 15) is 5.11 Å². The third-order valence-corrected chi connectivity index (χ3v) is 9.62. The molecule has 1 saturated carbocycles. The van der Waals surface area contributed by atoms with Gasteiger partial charge in [-0.1, -0.05) is 142 Å². The van der Waals surface area contributed by atoms with Crippen molar-refractivity contribution in [2.75, 3.05) is 16.3 Å². The molecule has 0 atom stereocenters. The fraction of sp³-hybridized carbons (Fsp3) is 0.462. The lowest BCUT2D eigenvalue weighted by Crippen LogP contribution is -2.52. The third kappa shape index (κ3) is 16.9. The molecule has 1 N–H and O–H groups in total. The first-order valence-electron chi connectivity index (χ1n) is 20.9.